The van der Waals surface area contributed by atoms with Crippen molar-refractivity contribution in [3.05, 3.63) is 53.1 Å². The topological polar surface area (TPSA) is 79.0 Å². The standard InChI is InChI=1S/C22H22ClN3O4/c1-3-12-25-20(28)15-6-4-5-7-17(15)26-19(27)10-11-22(25,26)21(29)24-14-8-9-18(30-2)16(23)13-14/h4-9,13H,3,10-12H2,1-2H3,(H,24,29)/t22-/m1/s1. The molecule has 0 aliphatic carbocycles. The van der Waals surface area contributed by atoms with Gasteiger partial charge >= 0.3 is 0 Å². The molecular weight excluding hydrogens is 406 g/mol. The van der Waals surface area contributed by atoms with E-state index in [2.05, 4.69) is 5.32 Å². The number of hydrogen-bond acceptors (Lipinski definition) is 4. The number of nitrogens with one attached hydrogen (secondary N) is 1. The molecule has 0 spiro atoms. The van der Waals surface area contributed by atoms with Crippen molar-refractivity contribution in [1.29, 1.82) is 0 Å². The SMILES string of the molecule is CCCN1C(=O)c2ccccc2N2C(=O)CC[C@@]12C(=O)Nc1ccc(OC)c(Cl)c1. The molecule has 4 rings (SSSR count). The first kappa shape index (κ1) is 20.2. The first-order valence-corrected chi connectivity index (χ1v) is 10.2. The Morgan fingerprint density at radius 2 is 2.00 bits per heavy atom. The van der Waals surface area contributed by atoms with Crippen molar-refractivity contribution in [2.45, 2.75) is 31.8 Å². The summed E-state index contributed by atoms with van der Waals surface area (Å²) < 4.78 is 5.16. The van der Waals surface area contributed by atoms with Crippen LogP contribution in [-0.4, -0.2) is 41.9 Å². The van der Waals surface area contributed by atoms with E-state index >= 15 is 0 Å². The lowest BCUT2D eigenvalue weighted by atomic mass is 9.95. The van der Waals surface area contributed by atoms with E-state index in [-0.39, 0.29) is 24.7 Å². The second-order valence-corrected chi connectivity index (χ2v) is 7.73. The van der Waals surface area contributed by atoms with Gasteiger partial charge in [0.25, 0.3) is 11.8 Å². The number of carbonyl (C=O) groups is 3. The minimum absolute atomic E-state index is 0.179. The maximum Gasteiger partial charge on any atom is 0.271 e. The molecule has 2 aromatic carbocycles. The predicted octanol–water partition coefficient (Wildman–Crippen LogP) is 3.68. The van der Waals surface area contributed by atoms with Gasteiger partial charge in [-0.3, -0.25) is 19.3 Å². The van der Waals surface area contributed by atoms with Crippen molar-refractivity contribution in [3.63, 3.8) is 0 Å². The highest BCUT2D eigenvalue weighted by Crippen LogP contribution is 2.45. The highest BCUT2D eigenvalue weighted by molar-refractivity contribution is 6.32. The van der Waals surface area contributed by atoms with Gasteiger partial charge in [0.1, 0.15) is 5.75 Å². The molecule has 1 fully saturated rings. The van der Waals surface area contributed by atoms with Gasteiger partial charge in [-0.1, -0.05) is 30.7 Å². The number of fused-ring (bicyclic) bond motifs is 3. The summed E-state index contributed by atoms with van der Waals surface area (Å²) in [6.07, 6.45) is 1.06. The third kappa shape index (κ3) is 2.92. The van der Waals surface area contributed by atoms with E-state index < -0.39 is 11.6 Å². The second kappa shape index (κ2) is 7.65. The number of hydrogen-bond donors (Lipinski definition) is 1. The van der Waals surface area contributed by atoms with Crippen LogP contribution < -0.4 is 15.0 Å². The Morgan fingerprint density at radius 1 is 1.23 bits per heavy atom. The molecule has 30 heavy (non-hydrogen) atoms. The third-order valence-electron chi connectivity index (χ3n) is 5.59. The van der Waals surface area contributed by atoms with Crippen molar-refractivity contribution >= 4 is 40.7 Å². The Kier molecular flexibility index (Phi) is 5.15. The monoisotopic (exact) mass is 427 g/mol. The zero-order valence-electron chi connectivity index (χ0n) is 16.8. The fourth-order valence-corrected chi connectivity index (χ4v) is 4.54. The van der Waals surface area contributed by atoms with Crippen LogP contribution in [0.5, 0.6) is 5.75 Å². The zero-order chi connectivity index (χ0) is 21.5. The molecule has 0 radical (unpaired) electrons. The number of carbonyl (C=O) groups excluding carboxylic acids is 3. The van der Waals surface area contributed by atoms with E-state index in [1.165, 1.54) is 16.9 Å². The summed E-state index contributed by atoms with van der Waals surface area (Å²) in [5.41, 5.74) is -0.0510. The van der Waals surface area contributed by atoms with Crippen LogP contribution in [0.25, 0.3) is 0 Å². The zero-order valence-corrected chi connectivity index (χ0v) is 17.5. The highest BCUT2D eigenvalue weighted by Gasteiger charge is 2.60. The molecule has 2 aliphatic heterocycles. The van der Waals surface area contributed by atoms with E-state index in [4.69, 9.17) is 16.3 Å². The van der Waals surface area contributed by atoms with Crippen LogP contribution >= 0.6 is 11.6 Å². The predicted molar refractivity (Wildman–Crippen MR) is 114 cm³/mol. The number of para-hydroxylation sites is 1. The lowest BCUT2D eigenvalue weighted by Crippen LogP contribution is -2.69. The molecule has 1 atom stereocenters. The molecule has 2 heterocycles. The molecule has 3 amide bonds. The number of methoxy groups -OCH3 is 1. The third-order valence-corrected chi connectivity index (χ3v) is 5.89. The summed E-state index contributed by atoms with van der Waals surface area (Å²) in [5.74, 6) is -0.383. The second-order valence-electron chi connectivity index (χ2n) is 7.32. The maximum absolute atomic E-state index is 13.6. The Bertz CT molecular complexity index is 1040. The average molecular weight is 428 g/mol. The smallest absolute Gasteiger partial charge is 0.271 e. The van der Waals surface area contributed by atoms with Gasteiger partial charge in [-0.25, -0.2) is 0 Å². The van der Waals surface area contributed by atoms with Gasteiger partial charge in [-0.2, -0.15) is 0 Å². The van der Waals surface area contributed by atoms with Gasteiger partial charge in [0.15, 0.2) is 0 Å². The van der Waals surface area contributed by atoms with Gasteiger partial charge in [0.2, 0.25) is 11.6 Å². The summed E-state index contributed by atoms with van der Waals surface area (Å²) in [6.45, 7) is 2.29. The molecule has 156 valence electrons. The molecule has 2 aliphatic rings. The molecule has 0 aromatic heterocycles. The van der Waals surface area contributed by atoms with E-state index in [0.29, 0.717) is 40.7 Å². The van der Waals surface area contributed by atoms with Crippen LogP contribution in [0.15, 0.2) is 42.5 Å². The molecule has 7 nitrogen and oxygen atoms in total. The number of ether oxygens (including phenoxy) is 1. The van der Waals surface area contributed by atoms with Gasteiger partial charge in [0, 0.05) is 25.1 Å². The Balaban J connectivity index is 1.80. The molecule has 1 N–H and O–H groups in total. The van der Waals surface area contributed by atoms with Crippen LogP contribution in [-0.2, 0) is 9.59 Å². The van der Waals surface area contributed by atoms with Crippen LogP contribution in [0, 0.1) is 0 Å². The number of amides is 3. The molecule has 2 aromatic rings. The minimum atomic E-state index is -1.41. The van der Waals surface area contributed by atoms with Crippen molar-refractivity contribution < 1.29 is 19.1 Å². The van der Waals surface area contributed by atoms with Crippen molar-refractivity contribution in [3.8, 4) is 5.75 Å². The first-order chi connectivity index (χ1) is 14.4. The number of benzene rings is 2. The number of anilines is 2. The molecule has 0 saturated carbocycles. The Morgan fingerprint density at radius 3 is 2.70 bits per heavy atom. The fourth-order valence-electron chi connectivity index (χ4n) is 4.29. The van der Waals surface area contributed by atoms with E-state index in [1.54, 1.807) is 42.5 Å². The quantitative estimate of drug-likeness (QED) is 0.789. The number of nitrogens with zero attached hydrogens (tertiary/aromatic N) is 2. The van der Waals surface area contributed by atoms with Gasteiger partial charge in [-0.15, -0.1) is 0 Å². The number of rotatable bonds is 5. The Labute approximate surface area is 179 Å². The van der Waals surface area contributed by atoms with Crippen molar-refractivity contribution in [2.75, 3.05) is 23.9 Å². The summed E-state index contributed by atoms with van der Waals surface area (Å²) >= 11 is 6.19. The van der Waals surface area contributed by atoms with Gasteiger partial charge in [0.05, 0.1) is 23.4 Å². The fraction of sp³-hybridized carbons (Fsp3) is 0.318. The van der Waals surface area contributed by atoms with Crippen LogP contribution in [0.1, 0.15) is 36.5 Å². The van der Waals surface area contributed by atoms with E-state index in [0.717, 1.165) is 0 Å². The van der Waals surface area contributed by atoms with E-state index in [1.807, 2.05) is 6.92 Å². The first-order valence-electron chi connectivity index (χ1n) is 9.83. The Hall–Kier alpha value is -3.06. The molecular formula is C22H22ClN3O4. The molecule has 8 heteroatoms. The molecule has 0 unspecified atom stereocenters. The lowest BCUT2D eigenvalue weighted by Gasteiger charge is -2.49. The minimum Gasteiger partial charge on any atom is -0.495 e. The van der Waals surface area contributed by atoms with E-state index in [9.17, 15) is 14.4 Å². The van der Waals surface area contributed by atoms with Crippen LogP contribution in [0.3, 0.4) is 0 Å². The molecule has 0 bridgehead atoms. The lowest BCUT2D eigenvalue weighted by molar-refractivity contribution is -0.128. The summed E-state index contributed by atoms with van der Waals surface area (Å²) in [4.78, 5) is 42.9. The van der Waals surface area contributed by atoms with Gasteiger partial charge < -0.3 is 15.0 Å². The van der Waals surface area contributed by atoms with Crippen LogP contribution in [0.4, 0.5) is 11.4 Å². The van der Waals surface area contributed by atoms with Crippen molar-refractivity contribution in [2.24, 2.45) is 0 Å². The highest BCUT2D eigenvalue weighted by atomic mass is 35.5. The summed E-state index contributed by atoms with van der Waals surface area (Å²) in [5, 5.41) is 3.21. The normalized spacial score (nSPS) is 20.1. The molecule has 1 saturated heterocycles. The average Bonchev–Trinajstić information content (AvgIpc) is 3.09. The van der Waals surface area contributed by atoms with Crippen LogP contribution in [0.2, 0.25) is 5.02 Å². The maximum atomic E-state index is 13.6. The van der Waals surface area contributed by atoms with Gasteiger partial charge in [-0.05, 0) is 36.8 Å². The number of halogens is 1. The largest absolute Gasteiger partial charge is 0.495 e. The summed E-state index contributed by atoms with van der Waals surface area (Å²) in [6, 6.07) is 11.8. The van der Waals surface area contributed by atoms with Crippen molar-refractivity contribution in [1.82, 2.24) is 4.90 Å². The summed E-state index contributed by atoms with van der Waals surface area (Å²) in [7, 11) is 1.51.